The number of rotatable bonds is 10. The number of likely N-dealkylation sites (N-methyl/N-ethyl adjacent to an activating group) is 1. The molecule has 45 heavy (non-hydrogen) atoms. The number of cyclic esters (lactones) is 1. The molecule has 3 saturated heterocycles. The summed E-state index contributed by atoms with van der Waals surface area (Å²) in [5, 5.41) is 3.07. The van der Waals surface area contributed by atoms with E-state index in [1.807, 2.05) is 24.0 Å². The molecule has 0 aromatic heterocycles. The van der Waals surface area contributed by atoms with Crippen LogP contribution in [-0.2, 0) is 20.8 Å². The van der Waals surface area contributed by atoms with E-state index < -0.39 is 17.9 Å². The minimum atomic E-state index is -0.538. The summed E-state index contributed by atoms with van der Waals surface area (Å²) in [5.41, 5.74) is 2.35. The molecule has 0 unspecified atom stereocenters. The summed E-state index contributed by atoms with van der Waals surface area (Å²) in [7, 11) is 2.13. The van der Waals surface area contributed by atoms with Crippen LogP contribution in [0.2, 0.25) is 0 Å². The summed E-state index contributed by atoms with van der Waals surface area (Å²) >= 11 is 5.16. The van der Waals surface area contributed by atoms with E-state index in [-0.39, 0.29) is 18.6 Å². The number of amides is 2. The van der Waals surface area contributed by atoms with Crippen LogP contribution in [0.5, 0.6) is 0 Å². The Morgan fingerprint density at radius 2 is 1.73 bits per heavy atom. The second kappa shape index (κ2) is 15.0. The van der Waals surface area contributed by atoms with Gasteiger partial charge in [0.25, 0.3) is 5.91 Å². The zero-order chi connectivity index (χ0) is 31.9. The lowest BCUT2D eigenvalue weighted by Crippen LogP contribution is -2.50. The molecular formula is C32H41FN6O5S. The Balaban J connectivity index is 1.05. The lowest BCUT2D eigenvalue weighted by molar-refractivity contribution is -0.134. The van der Waals surface area contributed by atoms with Gasteiger partial charge in [-0.25, -0.2) is 14.0 Å². The molecule has 0 aliphatic carbocycles. The maximum atomic E-state index is 15.2. The average molecular weight is 641 g/mol. The van der Waals surface area contributed by atoms with Gasteiger partial charge < -0.3 is 29.5 Å². The molecule has 3 aliphatic heterocycles. The maximum absolute atomic E-state index is 15.2. The zero-order valence-electron chi connectivity index (χ0n) is 25.9. The lowest BCUT2D eigenvalue weighted by atomic mass is 10.1. The molecule has 3 aliphatic rings. The van der Waals surface area contributed by atoms with Crippen molar-refractivity contribution in [2.24, 2.45) is 0 Å². The van der Waals surface area contributed by atoms with E-state index in [1.165, 1.54) is 11.0 Å². The van der Waals surface area contributed by atoms with Gasteiger partial charge >= 0.3 is 12.1 Å². The van der Waals surface area contributed by atoms with Gasteiger partial charge in [0.05, 0.1) is 35.0 Å². The number of ether oxygens (including phenoxy) is 2. The highest BCUT2D eigenvalue weighted by Crippen LogP contribution is 2.28. The van der Waals surface area contributed by atoms with Crippen molar-refractivity contribution in [3.8, 4) is 0 Å². The van der Waals surface area contributed by atoms with Crippen molar-refractivity contribution in [3.05, 3.63) is 59.4 Å². The first-order chi connectivity index (χ1) is 21.7. The van der Waals surface area contributed by atoms with Crippen molar-refractivity contribution in [2.45, 2.75) is 26.0 Å². The maximum Gasteiger partial charge on any atom is 0.414 e. The van der Waals surface area contributed by atoms with Crippen molar-refractivity contribution < 1.29 is 28.2 Å². The molecular weight excluding hydrogens is 599 g/mol. The van der Waals surface area contributed by atoms with Gasteiger partial charge in [-0.2, -0.15) is 0 Å². The van der Waals surface area contributed by atoms with Crippen LogP contribution in [0.25, 0.3) is 0 Å². The normalized spacial score (nSPS) is 19.4. The number of carbonyl (C=O) groups is 3. The number of carbonyl (C=O) groups excluding carboxylic acids is 3. The molecule has 11 nitrogen and oxygen atoms in total. The van der Waals surface area contributed by atoms with Gasteiger partial charge in [-0.05, 0) is 49.4 Å². The second-order valence-electron chi connectivity index (χ2n) is 11.6. The minimum Gasteiger partial charge on any atom is -0.452 e. The smallest absolute Gasteiger partial charge is 0.414 e. The molecule has 1 N–H and O–H groups in total. The van der Waals surface area contributed by atoms with Crippen LogP contribution in [0.3, 0.4) is 0 Å². The highest BCUT2D eigenvalue weighted by Gasteiger charge is 2.33. The molecule has 2 aromatic rings. The number of esters is 1. The van der Waals surface area contributed by atoms with Crippen LogP contribution in [0, 0.1) is 5.82 Å². The van der Waals surface area contributed by atoms with Gasteiger partial charge in [0.15, 0.2) is 6.61 Å². The Morgan fingerprint density at radius 3 is 2.40 bits per heavy atom. The van der Waals surface area contributed by atoms with Crippen LogP contribution < -0.4 is 15.1 Å². The zero-order valence-corrected chi connectivity index (χ0v) is 26.7. The molecule has 3 heterocycles. The summed E-state index contributed by atoms with van der Waals surface area (Å²) in [4.78, 5) is 48.0. The third kappa shape index (κ3) is 8.47. The van der Waals surface area contributed by atoms with E-state index in [1.54, 1.807) is 29.2 Å². The van der Waals surface area contributed by atoms with Gasteiger partial charge in [-0.3, -0.25) is 14.6 Å². The fourth-order valence-electron chi connectivity index (χ4n) is 5.62. The number of hydrogen-bond acceptors (Lipinski definition) is 9. The molecule has 2 amide bonds. The summed E-state index contributed by atoms with van der Waals surface area (Å²) < 4.78 is 25.9. The van der Waals surface area contributed by atoms with E-state index in [0.29, 0.717) is 67.6 Å². The summed E-state index contributed by atoms with van der Waals surface area (Å²) in [5.74, 6) is -1.29. The van der Waals surface area contributed by atoms with Crippen LogP contribution in [0.1, 0.15) is 29.3 Å². The van der Waals surface area contributed by atoms with Gasteiger partial charge in [0.1, 0.15) is 11.9 Å². The van der Waals surface area contributed by atoms with E-state index in [4.69, 9.17) is 21.7 Å². The van der Waals surface area contributed by atoms with Crippen molar-refractivity contribution in [1.29, 1.82) is 0 Å². The molecule has 0 spiro atoms. The van der Waals surface area contributed by atoms with Crippen molar-refractivity contribution in [1.82, 2.24) is 20.0 Å². The third-order valence-corrected chi connectivity index (χ3v) is 8.89. The molecule has 5 rings (SSSR count). The molecule has 0 radical (unpaired) electrons. The SMILES string of the molecule is CCC(=S)NC[C@H]1CN(c2ccc(N3CCN(C(=O)COC(=O)c4ccc(CN5CCN(C)CC5)cc4)CC3)c(F)c2)C(=O)O1. The first kappa shape index (κ1) is 32.6. The summed E-state index contributed by atoms with van der Waals surface area (Å²) in [6, 6.07) is 12.0. The first-order valence-electron chi connectivity index (χ1n) is 15.4. The van der Waals surface area contributed by atoms with E-state index in [0.717, 1.165) is 38.3 Å². The average Bonchev–Trinajstić information content (AvgIpc) is 3.43. The Labute approximate surface area is 268 Å². The number of anilines is 2. The number of thiocarbonyl (C=S) groups is 1. The number of nitrogens with one attached hydrogen (secondary N) is 1. The number of hydrogen-bond donors (Lipinski definition) is 1. The van der Waals surface area contributed by atoms with Gasteiger partial charge in [0, 0.05) is 58.9 Å². The number of halogens is 1. The Morgan fingerprint density at radius 1 is 1.02 bits per heavy atom. The monoisotopic (exact) mass is 640 g/mol. The summed E-state index contributed by atoms with van der Waals surface area (Å²) in [6.45, 7) is 8.82. The van der Waals surface area contributed by atoms with Crippen LogP contribution in [0.4, 0.5) is 20.6 Å². The number of nitrogens with zero attached hydrogens (tertiary/aromatic N) is 5. The topological polar surface area (TPSA) is 97.9 Å². The number of piperazine rings is 2. The molecule has 2 aromatic carbocycles. The lowest BCUT2D eigenvalue weighted by Gasteiger charge is -2.36. The molecule has 13 heteroatoms. The molecule has 3 fully saturated rings. The quantitative estimate of drug-likeness (QED) is 0.309. The van der Waals surface area contributed by atoms with Crippen molar-refractivity contribution >= 4 is 46.6 Å². The first-order valence-corrected chi connectivity index (χ1v) is 15.8. The Kier molecular flexibility index (Phi) is 10.8. The molecule has 0 bridgehead atoms. The van der Waals surface area contributed by atoms with E-state index >= 15 is 4.39 Å². The van der Waals surface area contributed by atoms with Gasteiger partial charge in [-0.15, -0.1) is 0 Å². The minimum absolute atomic E-state index is 0.290. The highest BCUT2D eigenvalue weighted by atomic mass is 32.1. The van der Waals surface area contributed by atoms with Gasteiger partial charge in [0.2, 0.25) is 0 Å². The van der Waals surface area contributed by atoms with Crippen molar-refractivity contribution in [3.63, 3.8) is 0 Å². The third-order valence-electron chi connectivity index (χ3n) is 8.46. The molecule has 242 valence electrons. The Hall–Kier alpha value is -3.81. The van der Waals surface area contributed by atoms with Crippen LogP contribution >= 0.6 is 12.2 Å². The standard InChI is InChI=1S/C32H41FN6O5S/c1-3-29(45)34-19-26-21-39(32(42)44-26)25-8-9-28(27(33)18-25)37-14-16-38(17-15-37)30(40)22-43-31(41)24-6-4-23(5-7-24)20-36-12-10-35(2)11-13-36/h4-9,18,26H,3,10-17,19-22H2,1-2H3,(H,34,45)/t26-/m0/s1. The summed E-state index contributed by atoms with van der Waals surface area (Å²) in [6.07, 6.45) is -0.204. The van der Waals surface area contributed by atoms with Crippen molar-refractivity contribution in [2.75, 3.05) is 88.9 Å². The predicted octanol–water partition coefficient (Wildman–Crippen LogP) is 2.73. The van der Waals surface area contributed by atoms with Crippen LogP contribution in [-0.4, -0.2) is 123 Å². The predicted molar refractivity (Wildman–Crippen MR) is 173 cm³/mol. The molecule has 1 atom stereocenters. The largest absolute Gasteiger partial charge is 0.452 e. The fourth-order valence-corrected chi connectivity index (χ4v) is 5.70. The highest BCUT2D eigenvalue weighted by molar-refractivity contribution is 7.80. The van der Waals surface area contributed by atoms with E-state index in [2.05, 4.69) is 22.2 Å². The van der Waals surface area contributed by atoms with Gasteiger partial charge in [-0.1, -0.05) is 31.3 Å². The van der Waals surface area contributed by atoms with E-state index in [9.17, 15) is 14.4 Å². The Bertz CT molecular complexity index is 1380. The molecule has 0 saturated carbocycles. The van der Waals surface area contributed by atoms with Crippen LogP contribution in [0.15, 0.2) is 42.5 Å². The fraction of sp³-hybridized carbons (Fsp3) is 0.500. The second-order valence-corrected chi connectivity index (χ2v) is 12.1. The number of benzene rings is 2.